The molecule has 1 unspecified atom stereocenters. The number of aromatic nitrogens is 1. The zero-order chi connectivity index (χ0) is 23.9. The summed E-state index contributed by atoms with van der Waals surface area (Å²) in [5.41, 5.74) is 1.08. The number of carbonyl (C=O) groups is 4. The van der Waals surface area contributed by atoms with Crippen molar-refractivity contribution in [2.75, 3.05) is 19.5 Å². The van der Waals surface area contributed by atoms with Gasteiger partial charge in [-0.05, 0) is 25.5 Å². The van der Waals surface area contributed by atoms with Crippen LogP contribution in [0.15, 0.2) is 18.2 Å². The molecule has 4 amide bonds. The Morgan fingerprint density at radius 1 is 1.12 bits per heavy atom. The zero-order valence-corrected chi connectivity index (χ0v) is 18.9. The number of amides is 4. The van der Waals surface area contributed by atoms with Crippen LogP contribution in [0.3, 0.4) is 0 Å². The van der Waals surface area contributed by atoms with E-state index in [0.29, 0.717) is 29.6 Å². The molecule has 0 aliphatic carbocycles. The van der Waals surface area contributed by atoms with E-state index in [1.165, 1.54) is 0 Å². The lowest BCUT2D eigenvalue weighted by Gasteiger charge is -2.28. The number of imide groups is 2. The molecule has 33 heavy (non-hydrogen) atoms. The van der Waals surface area contributed by atoms with Crippen LogP contribution in [-0.4, -0.2) is 67.0 Å². The van der Waals surface area contributed by atoms with Crippen LogP contribution in [0, 0.1) is 0 Å². The fourth-order valence-electron chi connectivity index (χ4n) is 4.18. The van der Waals surface area contributed by atoms with Crippen LogP contribution in [0.1, 0.15) is 47.0 Å². The van der Waals surface area contributed by atoms with Crippen LogP contribution < -0.4 is 10.1 Å². The molecule has 1 N–H and O–H groups in total. The average molecular weight is 477 g/mol. The summed E-state index contributed by atoms with van der Waals surface area (Å²) in [4.78, 5) is 51.1. The molecule has 0 spiro atoms. The van der Waals surface area contributed by atoms with Gasteiger partial charge < -0.3 is 9.30 Å². The zero-order valence-electron chi connectivity index (χ0n) is 18.1. The van der Waals surface area contributed by atoms with Gasteiger partial charge in [-0.2, -0.15) is 8.42 Å². The van der Waals surface area contributed by atoms with Gasteiger partial charge in [0.25, 0.3) is 21.9 Å². The van der Waals surface area contributed by atoms with Crippen LogP contribution in [0.5, 0.6) is 5.75 Å². The monoisotopic (exact) mass is 477 g/mol. The second-order valence-electron chi connectivity index (χ2n) is 7.82. The van der Waals surface area contributed by atoms with E-state index in [2.05, 4.69) is 9.50 Å². The standard InChI is InChI=1S/C21H23N3O8S/c1-3-23-15-11-12(31-9-4-10-32-33(2,29)30)5-6-13(15)17-18(23)21(28)24(20(17)27)14-7-8-16(25)22-19(14)26/h5-6,11,14H,3-4,7-10H2,1-2H3,(H,22,25,26). The van der Waals surface area contributed by atoms with Crippen LogP contribution >= 0.6 is 0 Å². The minimum atomic E-state index is -3.50. The highest BCUT2D eigenvalue weighted by molar-refractivity contribution is 7.85. The summed E-state index contributed by atoms with van der Waals surface area (Å²) < 4.78 is 34.0. The Bertz CT molecular complexity index is 1280. The predicted molar refractivity (Wildman–Crippen MR) is 115 cm³/mol. The van der Waals surface area contributed by atoms with Crippen molar-refractivity contribution in [3.8, 4) is 5.75 Å². The molecular weight excluding hydrogens is 454 g/mol. The van der Waals surface area contributed by atoms with Gasteiger partial charge in [0, 0.05) is 30.8 Å². The summed E-state index contributed by atoms with van der Waals surface area (Å²) in [5.74, 6) is -1.71. The molecule has 0 saturated carbocycles. The van der Waals surface area contributed by atoms with Gasteiger partial charge in [-0.1, -0.05) is 0 Å². The van der Waals surface area contributed by atoms with Gasteiger partial charge in [0.05, 0.1) is 30.5 Å². The lowest BCUT2D eigenvalue weighted by atomic mass is 10.0. The van der Waals surface area contributed by atoms with Crippen molar-refractivity contribution in [3.05, 3.63) is 29.5 Å². The maximum Gasteiger partial charge on any atom is 0.278 e. The Kier molecular flexibility index (Phi) is 5.97. The third kappa shape index (κ3) is 4.23. The van der Waals surface area contributed by atoms with E-state index in [0.717, 1.165) is 11.2 Å². The molecule has 176 valence electrons. The molecule has 2 aliphatic rings. The third-order valence-electron chi connectivity index (χ3n) is 5.58. The third-order valence-corrected chi connectivity index (χ3v) is 6.18. The van der Waals surface area contributed by atoms with E-state index in [1.807, 2.05) is 6.92 Å². The Morgan fingerprint density at radius 3 is 2.55 bits per heavy atom. The summed E-state index contributed by atoms with van der Waals surface area (Å²) in [6.45, 7) is 2.45. The molecule has 2 aliphatic heterocycles. The number of rotatable bonds is 8. The molecule has 3 heterocycles. The van der Waals surface area contributed by atoms with E-state index in [4.69, 9.17) is 4.74 Å². The second-order valence-corrected chi connectivity index (χ2v) is 9.47. The highest BCUT2D eigenvalue weighted by Crippen LogP contribution is 2.37. The first-order valence-corrected chi connectivity index (χ1v) is 12.3. The Hall–Kier alpha value is -3.25. The Morgan fingerprint density at radius 2 is 1.88 bits per heavy atom. The van der Waals surface area contributed by atoms with Crippen molar-refractivity contribution in [1.82, 2.24) is 14.8 Å². The van der Waals surface area contributed by atoms with E-state index in [1.54, 1.807) is 22.8 Å². The summed E-state index contributed by atoms with van der Waals surface area (Å²) in [6, 6.07) is 4.03. The smallest absolute Gasteiger partial charge is 0.278 e. The molecule has 12 heteroatoms. The average Bonchev–Trinajstić information content (AvgIpc) is 3.19. The first-order chi connectivity index (χ1) is 15.6. The molecule has 1 fully saturated rings. The molecule has 2 aromatic rings. The second kappa shape index (κ2) is 8.60. The van der Waals surface area contributed by atoms with Crippen LogP contribution in [-0.2, 0) is 30.4 Å². The SMILES string of the molecule is CCn1c2c(c3ccc(OCCCOS(C)(=O)=O)cc31)C(=O)N(C1CCC(=O)NC1=O)C2=O. The Balaban J connectivity index is 1.58. The number of fused-ring (bicyclic) bond motifs is 3. The molecule has 1 aromatic heterocycles. The highest BCUT2D eigenvalue weighted by atomic mass is 32.2. The number of hydrogen-bond donors (Lipinski definition) is 1. The summed E-state index contributed by atoms with van der Waals surface area (Å²) in [6.07, 6.45) is 1.48. The maximum absolute atomic E-state index is 13.2. The van der Waals surface area contributed by atoms with Crippen LogP contribution in [0.25, 0.3) is 10.9 Å². The number of nitrogens with zero attached hydrogens (tertiary/aromatic N) is 2. The fourth-order valence-corrected chi connectivity index (χ4v) is 4.60. The van der Waals surface area contributed by atoms with Gasteiger partial charge >= 0.3 is 0 Å². The predicted octanol–water partition coefficient (Wildman–Crippen LogP) is 0.807. The largest absolute Gasteiger partial charge is 0.493 e. The lowest BCUT2D eigenvalue weighted by molar-refractivity contribution is -0.136. The lowest BCUT2D eigenvalue weighted by Crippen LogP contribution is -2.54. The van der Waals surface area contributed by atoms with Gasteiger partial charge in [0.1, 0.15) is 17.5 Å². The number of hydrogen-bond acceptors (Lipinski definition) is 8. The first-order valence-electron chi connectivity index (χ1n) is 10.5. The van der Waals surface area contributed by atoms with Gasteiger partial charge in [0.15, 0.2) is 0 Å². The number of piperidine rings is 1. The number of ether oxygens (including phenoxy) is 1. The van der Waals surface area contributed by atoms with Crippen LogP contribution in [0.2, 0.25) is 0 Å². The normalized spacial score (nSPS) is 18.7. The van der Waals surface area contributed by atoms with Crippen molar-refractivity contribution in [1.29, 1.82) is 0 Å². The molecular formula is C21H23N3O8S. The molecule has 11 nitrogen and oxygen atoms in total. The van der Waals surface area contributed by atoms with E-state index in [9.17, 15) is 27.6 Å². The summed E-state index contributed by atoms with van der Waals surface area (Å²) in [5, 5.41) is 2.75. The maximum atomic E-state index is 13.2. The van der Waals surface area contributed by atoms with Crippen molar-refractivity contribution in [2.24, 2.45) is 0 Å². The van der Waals surface area contributed by atoms with Gasteiger partial charge in [-0.3, -0.25) is 33.6 Å². The Labute approximate surface area is 189 Å². The van der Waals surface area contributed by atoms with Gasteiger partial charge in [0.2, 0.25) is 11.8 Å². The van der Waals surface area contributed by atoms with E-state index >= 15 is 0 Å². The van der Waals surface area contributed by atoms with Crippen molar-refractivity contribution in [2.45, 2.75) is 38.8 Å². The summed E-state index contributed by atoms with van der Waals surface area (Å²) in [7, 11) is -3.50. The van der Waals surface area contributed by atoms with Gasteiger partial charge in [-0.25, -0.2) is 0 Å². The molecule has 0 bridgehead atoms. The fraction of sp³-hybridized carbons (Fsp3) is 0.429. The minimum Gasteiger partial charge on any atom is -0.493 e. The van der Waals surface area contributed by atoms with Crippen molar-refractivity contribution >= 4 is 44.6 Å². The number of nitrogens with one attached hydrogen (secondary N) is 1. The summed E-state index contributed by atoms with van der Waals surface area (Å²) >= 11 is 0. The van der Waals surface area contributed by atoms with Crippen LogP contribution in [0.4, 0.5) is 0 Å². The minimum absolute atomic E-state index is 0.000109. The van der Waals surface area contributed by atoms with Crippen molar-refractivity contribution in [3.63, 3.8) is 0 Å². The number of carbonyl (C=O) groups excluding carboxylic acids is 4. The highest BCUT2D eigenvalue weighted by Gasteiger charge is 2.47. The van der Waals surface area contributed by atoms with E-state index in [-0.39, 0.29) is 37.3 Å². The molecule has 1 saturated heterocycles. The van der Waals surface area contributed by atoms with Crippen molar-refractivity contribution < 1.29 is 36.5 Å². The molecule has 1 atom stereocenters. The molecule has 1 aromatic carbocycles. The van der Waals surface area contributed by atoms with Gasteiger partial charge in [-0.15, -0.1) is 0 Å². The first kappa shape index (κ1) is 22.9. The topological polar surface area (TPSA) is 141 Å². The molecule has 0 radical (unpaired) electrons. The van der Waals surface area contributed by atoms with E-state index < -0.39 is 39.8 Å². The number of benzene rings is 1. The molecule has 4 rings (SSSR count). The quantitative estimate of drug-likeness (QED) is 0.334. The number of aryl methyl sites for hydroxylation is 1.